The molecule has 0 radical (unpaired) electrons. The van der Waals surface area contributed by atoms with Crippen molar-refractivity contribution in [2.45, 2.75) is 25.2 Å². The fraction of sp³-hybridized carbons (Fsp3) is 0.462. The van der Waals surface area contributed by atoms with Crippen LogP contribution in [0.4, 0.5) is 0 Å². The number of carbonyl (C=O) groups excluding carboxylic acids is 1. The van der Waals surface area contributed by atoms with Gasteiger partial charge in [-0.25, -0.2) is 8.42 Å². The number of likely N-dealkylation sites (N-methyl/N-ethyl adjacent to an activating group) is 1. The number of halogens is 2. The normalized spacial score (nSPS) is 11.7. The van der Waals surface area contributed by atoms with Crippen LogP contribution in [0, 0.1) is 0 Å². The highest BCUT2D eigenvalue weighted by Gasteiger charge is 2.27. The van der Waals surface area contributed by atoms with Crippen LogP contribution < -0.4 is 5.32 Å². The molecule has 0 aliphatic carbocycles. The Kier molecular flexibility index (Phi) is 6.93. The van der Waals surface area contributed by atoms with Crippen molar-refractivity contribution < 1.29 is 13.2 Å². The van der Waals surface area contributed by atoms with E-state index in [2.05, 4.69) is 5.32 Å². The Hall–Kier alpha value is -0.820. The average molecular weight is 353 g/mol. The van der Waals surface area contributed by atoms with Gasteiger partial charge < -0.3 is 5.32 Å². The largest absolute Gasteiger partial charge is 0.355 e. The Bertz CT molecular complexity index is 605. The van der Waals surface area contributed by atoms with Crippen LogP contribution in [-0.2, 0) is 14.8 Å². The van der Waals surface area contributed by atoms with E-state index < -0.39 is 10.0 Å². The standard InChI is InChI=1S/C13H18Cl2N2O3S/c1-3-7-16-13(18)9-17(4-2)21(19,20)12-8-10(14)5-6-11(12)15/h5-6,8H,3-4,7,9H2,1-2H3,(H,16,18). The number of hydrogen-bond acceptors (Lipinski definition) is 3. The van der Waals surface area contributed by atoms with Gasteiger partial charge in [-0.15, -0.1) is 0 Å². The first-order valence-corrected chi connectivity index (χ1v) is 8.74. The van der Waals surface area contributed by atoms with Gasteiger partial charge in [0.2, 0.25) is 15.9 Å². The lowest BCUT2D eigenvalue weighted by Gasteiger charge is -2.20. The van der Waals surface area contributed by atoms with Crippen LogP contribution in [0.25, 0.3) is 0 Å². The Morgan fingerprint density at radius 1 is 1.29 bits per heavy atom. The molecule has 21 heavy (non-hydrogen) atoms. The van der Waals surface area contributed by atoms with Crippen LogP contribution in [0.15, 0.2) is 23.1 Å². The smallest absolute Gasteiger partial charge is 0.245 e. The van der Waals surface area contributed by atoms with Gasteiger partial charge in [0.1, 0.15) is 4.90 Å². The molecule has 0 bridgehead atoms. The van der Waals surface area contributed by atoms with E-state index >= 15 is 0 Å². The van der Waals surface area contributed by atoms with Crippen LogP contribution in [-0.4, -0.2) is 38.3 Å². The number of benzene rings is 1. The molecule has 0 saturated heterocycles. The summed E-state index contributed by atoms with van der Waals surface area (Å²) in [7, 11) is -3.87. The zero-order chi connectivity index (χ0) is 16.0. The highest BCUT2D eigenvalue weighted by Crippen LogP contribution is 2.27. The number of amides is 1. The van der Waals surface area contributed by atoms with Crippen molar-refractivity contribution in [2.75, 3.05) is 19.6 Å². The number of hydrogen-bond donors (Lipinski definition) is 1. The summed E-state index contributed by atoms with van der Waals surface area (Å²) in [6.07, 6.45) is 0.782. The van der Waals surface area contributed by atoms with E-state index in [0.29, 0.717) is 6.54 Å². The third-order valence-electron chi connectivity index (χ3n) is 2.76. The molecule has 1 N–H and O–H groups in total. The van der Waals surface area contributed by atoms with Gasteiger partial charge in [-0.3, -0.25) is 4.79 Å². The summed E-state index contributed by atoms with van der Waals surface area (Å²) in [5.41, 5.74) is 0. The van der Waals surface area contributed by atoms with Gasteiger partial charge in [-0.1, -0.05) is 37.0 Å². The molecule has 1 aromatic carbocycles. The fourth-order valence-corrected chi connectivity index (χ4v) is 3.80. The molecule has 1 rings (SSSR count). The minimum atomic E-state index is -3.87. The number of rotatable bonds is 7. The minimum absolute atomic E-state index is 0.0758. The second-order valence-corrected chi connectivity index (χ2v) is 7.11. The van der Waals surface area contributed by atoms with Crippen molar-refractivity contribution >= 4 is 39.1 Å². The van der Waals surface area contributed by atoms with E-state index in [-0.39, 0.29) is 33.9 Å². The first-order chi connectivity index (χ1) is 9.82. The topological polar surface area (TPSA) is 66.5 Å². The zero-order valence-electron chi connectivity index (χ0n) is 11.9. The third-order valence-corrected chi connectivity index (χ3v) is 5.39. The molecular weight excluding hydrogens is 335 g/mol. The predicted molar refractivity (Wildman–Crippen MR) is 84.2 cm³/mol. The molecule has 1 aromatic rings. The molecule has 0 aliphatic rings. The van der Waals surface area contributed by atoms with E-state index in [1.54, 1.807) is 6.92 Å². The maximum atomic E-state index is 12.5. The minimum Gasteiger partial charge on any atom is -0.355 e. The molecule has 118 valence electrons. The molecule has 1 amide bonds. The summed E-state index contributed by atoms with van der Waals surface area (Å²) < 4.78 is 26.2. The van der Waals surface area contributed by atoms with Gasteiger partial charge in [0.25, 0.3) is 0 Å². The maximum absolute atomic E-state index is 12.5. The van der Waals surface area contributed by atoms with Gasteiger partial charge in [0.15, 0.2) is 0 Å². The fourth-order valence-electron chi connectivity index (χ4n) is 1.66. The van der Waals surface area contributed by atoms with E-state index in [1.807, 2.05) is 6.92 Å². The van der Waals surface area contributed by atoms with Crippen molar-refractivity contribution in [3.05, 3.63) is 28.2 Å². The molecule has 8 heteroatoms. The molecule has 0 aromatic heterocycles. The predicted octanol–water partition coefficient (Wildman–Crippen LogP) is 2.53. The Morgan fingerprint density at radius 2 is 1.95 bits per heavy atom. The van der Waals surface area contributed by atoms with Crippen molar-refractivity contribution in [2.24, 2.45) is 0 Å². The highest BCUT2D eigenvalue weighted by atomic mass is 35.5. The van der Waals surface area contributed by atoms with Gasteiger partial charge >= 0.3 is 0 Å². The second-order valence-electron chi connectivity index (χ2n) is 4.36. The Morgan fingerprint density at radius 3 is 2.52 bits per heavy atom. The van der Waals surface area contributed by atoms with Crippen LogP contribution >= 0.6 is 23.2 Å². The first-order valence-electron chi connectivity index (χ1n) is 6.54. The third kappa shape index (κ3) is 4.85. The second kappa shape index (κ2) is 7.98. The number of carbonyl (C=O) groups is 1. The summed E-state index contributed by atoms with van der Waals surface area (Å²) in [6.45, 7) is 3.99. The van der Waals surface area contributed by atoms with Crippen molar-refractivity contribution in [1.29, 1.82) is 0 Å². The molecule has 0 aliphatic heterocycles. The van der Waals surface area contributed by atoms with E-state index in [0.717, 1.165) is 10.7 Å². The lowest BCUT2D eigenvalue weighted by atomic mass is 10.4. The molecular formula is C13H18Cl2N2O3S. The first kappa shape index (κ1) is 18.2. The quantitative estimate of drug-likeness (QED) is 0.819. The summed E-state index contributed by atoms with van der Waals surface area (Å²) >= 11 is 11.8. The number of sulfonamides is 1. The van der Waals surface area contributed by atoms with Crippen LogP contribution in [0.1, 0.15) is 20.3 Å². The Balaban J connectivity index is 3.02. The SMILES string of the molecule is CCCNC(=O)CN(CC)S(=O)(=O)c1cc(Cl)ccc1Cl. The lowest BCUT2D eigenvalue weighted by molar-refractivity contribution is -0.121. The average Bonchev–Trinajstić information content (AvgIpc) is 2.44. The van der Waals surface area contributed by atoms with Gasteiger partial charge in [-0.05, 0) is 24.6 Å². The van der Waals surface area contributed by atoms with E-state index in [9.17, 15) is 13.2 Å². The summed E-state index contributed by atoms with van der Waals surface area (Å²) in [5.74, 6) is -0.347. The summed E-state index contributed by atoms with van der Waals surface area (Å²) in [5, 5.41) is 2.99. The molecule has 5 nitrogen and oxygen atoms in total. The maximum Gasteiger partial charge on any atom is 0.245 e. The van der Waals surface area contributed by atoms with Gasteiger partial charge in [0.05, 0.1) is 11.6 Å². The molecule has 0 unspecified atom stereocenters. The summed E-state index contributed by atoms with van der Waals surface area (Å²) in [4.78, 5) is 11.6. The molecule has 0 heterocycles. The van der Waals surface area contributed by atoms with E-state index in [1.165, 1.54) is 18.2 Å². The molecule has 0 fully saturated rings. The Labute approximate surface area is 135 Å². The van der Waals surface area contributed by atoms with Crippen LogP contribution in [0.5, 0.6) is 0 Å². The zero-order valence-corrected chi connectivity index (χ0v) is 14.2. The monoisotopic (exact) mass is 352 g/mol. The molecule has 0 saturated carbocycles. The molecule has 0 spiro atoms. The summed E-state index contributed by atoms with van der Waals surface area (Å²) in [6, 6.07) is 4.21. The van der Waals surface area contributed by atoms with Crippen molar-refractivity contribution in [3.63, 3.8) is 0 Å². The highest BCUT2D eigenvalue weighted by molar-refractivity contribution is 7.89. The van der Waals surface area contributed by atoms with Crippen molar-refractivity contribution in [3.8, 4) is 0 Å². The molecule has 0 atom stereocenters. The van der Waals surface area contributed by atoms with Crippen LogP contribution in [0.3, 0.4) is 0 Å². The number of nitrogens with one attached hydrogen (secondary N) is 1. The van der Waals surface area contributed by atoms with E-state index in [4.69, 9.17) is 23.2 Å². The van der Waals surface area contributed by atoms with Gasteiger partial charge in [0, 0.05) is 18.1 Å². The number of nitrogens with zero attached hydrogens (tertiary/aromatic N) is 1. The van der Waals surface area contributed by atoms with Gasteiger partial charge in [-0.2, -0.15) is 4.31 Å². The van der Waals surface area contributed by atoms with Crippen LogP contribution in [0.2, 0.25) is 10.0 Å². The lowest BCUT2D eigenvalue weighted by Crippen LogP contribution is -2.40. The van der Waals surface area contributed by atoms with Crippen molar-refractivity contribution in [1.82, 2.24) is 9.62 Å².